The fourth-order valence-corrected chi connectivity index (χ4v) is 4.80. The third kappa shape index (κ3) is 8.53. The van der Waals surface area contributed by atoms with Crippen molar-refractivity contribution < 1.29 is 31.5 Å². The van der Waals surface area contributed by atoms with Gasteiger partial charge in [-0.15, -0.1) is 0 Å². The van der Waals surface area contributed by atoms with Gasteiger partial charge in [0, 0.05) is 0 Å². The first-order valence-corrected chi connectivity index (χ1v) is 9.55. The summed E-state index contributed by atoms with van der Waals surface area (Å²) in [6.07, 6.45) is -1.30. The Morgan fingerprint density at radius 3 is 1.40 bits per heavy atom. The Bertz CT molecular complexity index is 354. The lowest BCUT2D eigenvalue weighted by atomic mass is 10.5. The fourth-order valence-electron chi connectivity index (χ4n) is 1.19. The molecule has 0 saturated carbocycles. The first-order valence-electron chi connectivity index (χ1n) is 6.63. The van der Waals surface area contributed by atoms with Crippen LogP contribution in [0.3, 0.4) is 0 Å². The molecule has 0 radical (unpaired) electrons. The molecule has 0 aliphatic heterocycles. The van der Waals surface area contributed by atoms with E-state index in [1.54, 1.807) is 48.5 Å². The first-order chi connectivity index (χ1) is 9.02. The van der Waals surface area contributed by atoms with Crippen LogP contribution in [-0.4, -0.2) is 24.9 Å². The second-order valence-electron chi connectivity index (χ2n) is 4.86. The van der Waals surface area contributed by atoms with E-state index in [4.69, 9.17) is 22.4 Å². The van der Waals surface area contributed by atoms with Crippen LogP contribution >= 0.6 is 15.6 Å². The van der Waals surface area contributed by atoms with Gasteiger partial charge in [-0.1, -0.05) is 0 Å². The molecule has 1 atom stereocenters. The Balaban J connectivity index is 5.16. The molecule has 0 amide bonds. The molecule has 0 aliphatic rings. The van der Waals surface area contributed by atoms with E-state index in [2.05, 4.69) is 0 Å². The van der Waals surface area contributed by atoms with Crippen LogP contribution in [0.5, 0.6) is 0 Å². The van der Waals surface area contributed by atoms with Crippen molar-refractivity contribution in [1.29, 1.82) is 0 Å². The van der Waals surface area contributed by atoms with Crippen molar-refractivity contribution in [3.63, 3.8) is 0 Å². The lowest BCUT2D eigenvalue weighted by molar-refractivity contribution is 0.0733. The highest BCUT2D eigenvalue weighted by Gasteiger charge is 2.42. The summed E-state index contributed by atoms with van der Waals surface area (Å²) < 4.78 is 50.3. The van der Waals surface area contributed by atoms with Crippen LogP contribution in [0, 0.1) is 0 Å². The predicted molar refractivity (Wildman–Crippen MR) is 76.6 cm³/mol. The molecule has 0 bridgehead atoms. The van der Waals surface area contributed by atoms with Gasteiger partial charge in [0.2, 0.25) is 0 Å². The van der Waals surface area contributed by atoms with Crippen LogP contribution in [0.4, 0.5) is 0 Å². The Labute approximate surface area is 121 Å². The molecule has 0 spiro atoms. The second-order valence-corrected chi connectivity index (χ2v) is 8.19. The van der Waals surface area contributed by atoms with Gasteiger partial charge in [-0.2, -0.15) is 4.31 Å². The molecule has 122 valence electrons. The summed E-state index contributed by atoms with van der Waals surface area (Å²) in [5.74, 6) is 0. The summed E-state index contributed by atoms with van der Waals surface area (Å²) in [6, 6.07) is 0. The maximum atomic E-state index is 12.5. The quantitative estimate of drug-likeness (QED) is 0.544. The third-order valence-corrected chi connectivity index (χ3v) is 5.72. The predicted octanol–water partition coefficient (Wildman–Crippen LogP) is 4.53. The van der Waals surface area contributed by atoms with E-state index in [0.717, 1.165) is 0 Å². The van der Waals surface area contributed by atoms with Gasteiger partial charge in [-0.25, -0.2) is 9.13 Å². The molecule has 7 nitrogen and oxygen atoms in total. The molecule has 0 aromatic rings. The highest BCUT2D eigenvalue weighted by molar-refractivity contribution is 7.62. The molecule has 0 N–H and O–H groups in total. The normalized spacial score (nSPS) is 16.1. The molecule has 9 heteroatoms. The van der Waals surface area contributed by atoms with Crippen molar-refractivity contribution in [2.24, 2.45) is 0 Å². The van der Waals surface area contributed by atoms with Crippen molar-refractivity contribution in [3.05, 3.63) is 0 Å². The molecule has 0 aromatic carbocycles. The summed E-state index contributed by atoms with van der Waals surface area (Å²) in [6.45, 7) is 11.7. The van der Waals surface area contributed by atoms with Gasteiger partial charge in [-0.3, -0.25) is 18.1 Å². The van der Waals surface area contributed by atoms with Crippen LogP contribution in [0.1, 0.15) is 48.5 Å². The summed E-state index contributed by atoms with van der Waals surface area (Å²) in [5, 5.41) is 0. The number of hydrogen-bond acceptors (Lipinski definition) is 7. The Morgan fingerprint density at radius 1 is 0.750 bits per heavy atom. The molecular weight excluding hydrogens is 306 g/mol. The standard InChI is InChI=1S/C11H26O7P2/c1-8-14-19(12,15-9(2)3)18-20(13,16-10(4)5)17-11(6)7/h9-11H,8H2,1-7H3. The summed E-state index contributed by atoms with van der Waals surface area (Å²) in [5.41, 5.74) is 0. The zero-order valence-electron chi connectivity index (χ0n) is 13.2. The molecule has 0 rings (SSSR count). The van der Waals surface area contributed by atoms with Crippen LogP contribution in [0.25, 0.3) is 0 Å². The minimum absolute atomic E-state index is 0.0767. The van der Waals surface area contributed by atoms with Gasteiger partial charge in [0.25, 0.3) is 0 Å². The topological polar surface area (TPSA) is 80.3 Å². The van der Waals surface area contributed by atoms with Crippen molar-refractivity contribution in [2.45, 2.75) is 66.8 Å². The van der Waals surface area contributed by atoms with Gasteiger partial charge in [0.1, 0.15) is 0 Å². The van der Waals surface area contributed by atoms with Crippen molar-refractivity contribution in [2.75, 3.05) is 6.61 Å². The van der Waals surface area contributed by atoms with Crippen LogP contribution in [0.15, 0.2) is 0 Å². The average Bonchev–Trinajstić information content (AvgIpc) is 2.10. The lowest BCUT2D eigenvalue weighted by Gasteiger charge is -2.26. The number of phosphoric ester groups is 2. The molecule has 20 heavy (non-hydrogen) atoms. The smallest absolute Gasteiger partial charge is 0.287 e. The highest BCUT2D eigenvalue weighted by Crippen LogP contribution is 2.67. The number of hydrogen-bond donors (Lipinski definition) is 0. The van der Waals surface area contributed by atoms with Crippen molar-refractivity contribution in [3.8, 4) is 0 Å². The fraction of sp³-hybridized carbons (Fsp3) is 1.00. The lowest BCUT2D eigenvalue weighted by Crippen LogP contribution is -2.12. The van der Waals surface area contributed by atoms with E-state index in [9.17, 15) is 9.13 Å². The van der Waals surface area contributed by atoms with Crippen LogP contribution < -0.4 is 0 Å². The second kappa shape index (κ2) is 8.64. The van der Waals surface area contributed by atoms with E-state index in [1.165, 1.54) is 0 Å². The van der Waals surface area contributed by atoms with Crippen LogP contribution in [0.2, 0.25) is 0 Å². The molecule has 1 unspecified atom stereocenters. The van der Waals surface area contributed by atoms with E-state index in [0.29, 0.717) is 0 Å². The molecule has 0 saturated heterocycles. The molecular formula is C11H26O7P2. The summed E-state index contributed by atoms with van der Waals surface area (Å²) in [4.78, 5) is 0. The van der Waals surface area contributed by atoms with Crippen LogP contribution in [-0.2, 0) is 31.5 Å². The Hall–Kier alpha value is 0.260. The van der Waals surface area contributed by atoms with E-state index in [1.807, 2.05) is 0 Å². The maximum Gasteiger partial charge on any atom is 0.484 e. The Morgan fingerprint density at radius 2 is 1.10 bits per heavy atom. The monoisotopic (exact) mass is 332 g/mol. The molecule has 0 fully saturated rings. The van der Waals surface area contributed by atoms with Gasteiger partial charge in [-0.05, 0) is 48.5 Å². The minimum Gasteiger partial charge on any atom is -0.287 e. The zero-order valence-corrected chi connectivity index (χ0v) is 15.0. The SMILES string of the molecule is CCOP(=O)(OC(C)C)OP(=O)(OC(C)C)OC(C)C. The molecule has 0 aliphatic carbocycles. The van der Waals surface area contributed by atoms with Crippen molar-refractivity contribution >= 4 is 15.6 Å². The maximum absolute atomic E-state index is 12.5. The number of rotatable bonds is 10. The summed E-state index contributed by atoms with van der Waals surface area (Å²) >= 11 is 0. The molecule has 0 aromatic heterocycles. The Kier molecular flexibility index (Phi) is 8.75. The van der Waals surface area contributed by atoms with Gasteiger partial charge < -0.3 is 0 Å². The first kappa shape index (κ1) is 20.3. The van der Waals surface area contributed by atoms with Gasteiger partial charge >= 0.3 is 15.6 Å². The van der Waals surface area contributed by atoms with Gasteiger partial charge in [0.15, 0.2) is 0 Å². The number of phosphoric acid groups is 2. The highest BCUT2D eigenvalue weighted by atomic mass is 31.3. The molecule has 0 heterocycles. The largest absolute Gasteiger partial charge is 0.484 e. The van der Waals surface area contributed by atoms with E-state index >= 15 is 0 Å². The average molecular weight is 332 g/mol. The summed E-state index contributed by atoms with van der Waals surface area (Å²) in [7, 11) is -8.07. The minimum atomic E-state index is -4.05. The van der Waals surface area contributed by atoms with E-state index < -0.39 is 34.0 Å². The third-order valence-electron chi connectivity index (χ3n) is 1.51. The zero-order chi connectivity index (χ0) is 16.0. The van der Waals surface area contributed by atoms with Crippen molar-refractivity contribution in [1.82, 2.24) is 0 Å². The van der Waals surface area contributed by atoms with E-state index in [-0.39, 0.29) is 6.61 Å². The van der Waals surface area contributed by atoms with Gasteiger partial charge in [0.05, 0.1) is 24.9 Å².